The Balaban J connectivity index is 1.34. The number of likely N-dealkylation sites (tertiary alicyclic amines) is 1. The van der Waals surface area contributed by atoms with Crippen molar-refractivity contribution < 1.29 is 0 Å². The molecule has 0 N–H and O–H groups in total. The summed E-state index contributed by atoms with van der Waals surface area (Å²) in [5.74, 6) is 1.26. The summed E-state index contributed by atoms with van der Waals surface area (Å²) >= 11 is 0. The largest absolute Gasteiger partial charge is 0.299 e. The molecule has 1 fully saturated rings. The van der Waals surface area contributed by atoms with Crippen molar-refractivity contribution in [1.82, 2.24) is 15.1 Å². The van der Waals surface area contributed by atoms with E-state index < -0.39 is 0 Å². The zero-order valence-electron chi connectivity index (χ0n) is 18.3. The molecule has 1 aromatic heterocycles. The van der Waals surface area contributed by atoms with Crippen LogP contribution in [0.5, 0.6) is 0 Å². The SMILES string of the molecule is CC(C)c1cc(-c2ccccc2)nnc1CCC1CCN(Cc2ccccc2)CC1. The van der Waals surface area contributed by atoms with Gasteiger partial charge in [0.2, 0.25) is 0 Å². The third-order valence-corrected chi connectivity index (χ3v) is 6.34. The Labute approximate surface area is 181 Å². The van der Waals surface area contributed by atoms with Crippen LogP contribution in [0.15, 0.2) is 66.7 Å². The monoisotopic (exact) mass is 399 g/mol. The average Bonchev–Trinajstić information content (AvgIpc) is 2.80. The van der Waals surface area contributed by atoms with Gasteiger partial charge in [-0.3, -0.25) is 4.90 Å². The topological polar surface area (TPSA) is 29.0 Å². The molecular formula is C27H33N3. The highest BCUT2D eigenvalue weighted by Crippen LogP contribution is 2.27. The zero-order chi connectivity index (χ0) is 20.8. The second-order valence-electron chi connectivity index (χ2n) is 8.90. The molecule has 3 heteroatoms. The lowest BCUT2D eigenvalue weighted by atomic mass is 9.89. The van der Waals surface area contributed by atoms with Gasteiger partial charge in [-0.2, -0.15) is 10.2 Å². The summed E-state index contributed by atoms with van der Waals surface area (Å²) in [6.07, 6.45) is 4.84. The molecule has 0 aliphatic carbocycles. The molecule has 1 aliphatic rings. The second-order valence-corrected chi connectivity index (χ2v) is 8.90. The fourth-order valence-electron chi connectivity index (χ4n) is 4.49. The molecule has 1 saturated heterocycles. The molecule has 156 valence electrons. The number of hydrogen-bond acceptors (Lipinski definition) is 3. The normalized spacial score (nSPS) is 15.6. The van der Waals surface area contributed by atoms with Crippen LogP contribution in [-0.4, -0.2) is 28.2 Å². The van der Waals surface area contributed by atoms with Gasteiger partial charge in [0.15, 0.2) is 0 Å². The molecular weight excluding hydrogens is 366 g/mol. The van der Waals surface area contributed by atoms with Gasteiger partial charge in [0.1, 0.15) is 0 Å². The van der Waals surface area contributed by atoms with Crippen LogP contribution in [-0.2, 0) is 13.0 Å². The molecule has 0 atom stereocenters. The average molecular weight is 400 g/mol. The molecule has 0 unspecified atom stereocenters. The molecule has 3 nitrogen and oxygen atoms in total. The van der Waals surface area contributed by atoms with Crippen LogP contribution in [0.1, 0.15) is 55.8 Å². The number of piperidine rings is 1. The van der Waals surface area contributed by atoms with Crippen molar-refractivity contribution in [3.05, 3.63) is 83.6 Å². The van der Waals surface area contributed by atoms with Crippen LogP contribution in [0.3, 0.4) is 0 Å². The lowest BCUT2D eigenvalue weighted by molar-refractivity contribution is 0.172. The van der Waals surface area contributed by atoms with Crippen LogP contribution in [0, 0.1) is 5.92 Å². The highest BCUT2D eigenvalue weighted by atomic mass is 15.1. The molecule has 0 radical (unpaired) electrons. The van der Waals surface area contributed by atoms with Crippen molar-refractivity contribution >= 4 is 0 Å². The first-order chi connectivity index (χ1) is 14.7. The minimum Gasteiger partial charge on any atom is -0.299 e. The van der Waals surface area contributed by atoms with Gasteiger partial charge in [-0.15, -0.1) is 0 Å². The maximum absolute atomic E-state index is 4.67. The highest BCUT2D eigenvalue weighted by Gasteiger charge is 2.20. The number of nitrogens with zero attached hydrogens (tertiary/aromatic N) is 3. The van der Waals surface area contributed by atoms with E-state index in [2.05, 4.69) is 89.6 Å². The van der Waals surface area contributed by atoms with Crippen molar-refractivity contribution in [2.24, 2.45) is 5.92 Å². The lowest BCUT2D eigenvalue weighted by Gasteiger charge is -2.32. The van der Waals surface area contributed by atoms with Crippen molar-refractivity contribution in [2.45, 2.75) is 52.0 Å². The minimum absolute atomic E-state index is 0.464. The Morgan fingerprint density at radius 2 is 1.57 bits per heavy atom. The Kier molecular flexibility index (Phi) is 6.91. The van der Waals surface area contributed by atoms with E-state index in [0.717, 1.165) is 30.1 Å². The maximum atomic E-state index is 4.67. The molecule has 0 spiro atoms. The predicted molar refractivity (Wildman–Crippen MR) is 124 cm³/mol. The van der Waals surface area contributed by atoms with Crippen LogP contribution in [0.2, 0.25) is 0 Å². The van der Waals surface area contributed by atoms with Crippen molar-refractivity contribution in [3.8, 4) is 11.3 Å². The van der Waals surface area contributed by atoms with Gasteiger partial charge in [0.05, 0.1) is 11.4 Å². The first kappa shape index (κ1) is 20.7. The van der Waals surface area contributed by atoms with E-state index in [4.69, 9.17) is 0 Å². The predicted octanol–water partition coefficient (Wildman–Crippen LogP) is 6.11. The number of aromatic nitrogens is 2. The molecule has 3 aromatic rings. The lowest BCUT2D eigenvalue weighted by Crippen LogP contribution is -2.33. The van der Waals surface area contributed by atoms with E-state index in [-0.39, 0.29) is 0 Å². The van der Waals surface area contributed by atoms with Gasteiger partial charge in [0.25, 0.3) is 0 Å². The highest BCUT2D eigenvalue weighted by molar-refractivity contribution is 5.59. The van der Waals surface area contributed by atoms with Gasteiger partial charge >= 0.3 is 0 Å². The van der Waals surface area contributed by atoms with Crippen molar-refractivity contribution in [1.29, 1.82) is 0 Å². The first-order valence-electron chi connectivity index (χ1n) is 11.4. The number of hydrogen-bond donors (Lipinski definition) is 0. The third-order valence-electron chi connectivity index (χ3n) is 6.34. The van der Waals surface area contributed by atoms with E-state index >= 15 is 0 Å². The summed E-state index contributed by atoms with van der Waals surface area (Å²) in [6, 6.07) is 23.5. The molecule has 0 saturated carbocycles. The number of benzene rings is 2. The van der Waals surface area contributed by atoms with Gasteiger partial charge in [0, 0.05) is 12.1 Å². The Morgan fingerprint density at radius 1 is 0.900 bits per heavy atom. The number of aryl methyl sites for hydroxylation is 1. The van der Waals surface area contributed by atoms with Crippen molar-refractivity contribution in [3.63, 3.8) is 0 Å². The quantitative estimate of drug-likeness (QED) is 0.480. The molecule has 0 bridgehead atoms. The van der Waals surface area contributed by atoms with E-state index in [0.29, 0.717) is 5.92 Å². The standard InChI is InChI=1S/C27H33N3/c1-21(2)25-19-27(24-11-7-4-8-12-24)29-28-26(25)14-13-22-15-17-30(18-16-22)20-23-9-5-3-6-10-23/h3-12,19,21-22H,13-18,20H2,1-2H3. The smallest absolute Gasteiger partial charge is 0.0932 e. The van der Waals surface area contributed by atoms with Gasteiger partial charge in [-0.25, -0.2) is 0 Å². The zero-order valence-corrected chi connectivity index (χ0v) is 18.3. The summed E-state index contributed by atoms with van der Waals surface area (Å²) in [6.45, 7) is 8.01. The summed E-state index contributed by atoms with van der Waals surface area (Å²) in [5, 5.41) is 9.23. The maximum Gasteiger partial charge on any atom is 0.0932 e. The minimum atomic E-state index is 0.464. The summed E-state index contributed by atoms with van der Waals surface area (Å²) in [7, 11) is 0. The van der Waals surface area contributed by atoms with E-state index in [1.165, 1.54) is 49.2 Å². The first-order valence-corrected chi connectivity index (χ1v) is 11.4. The summed E-state index contributed by atoms with van der Waals surface area (Å²) < 4.78 is 0. The van der Waals surface area contributed by atoms with Gasteiger partial charge in [-0.1, -0.05) is 74.5 Å². The van der Waals surface area contributed by atoms with Crippen molar-refractivity contribution in [2.75, 3.05) is 13.1 Å². The number of rotatable bonds is 7. The summed E-state index contributed by atoms with van der Waals surface area (Å²) in [4.78, 5) is 2.60. The van der Waals surface area contributed by atoms with Gasteiger partial charge < -0.3 is 0 Å². The van der Waals surface area contributed by atoms with Crippen LogP contribution >= 0.6 is 0 Å². The molecule has 4 rings (SSSR count). The molecule has 0 amide bonds. The van der Waals surface area contributed by atoms with E-state index in [1.807, 2.05) is 6.07 Å². The van der Waals surface area contributed by atoms with Crippen LogP contribution < -0.4 is 0 Å². The van der Waals surface area contributed by atoms with E-state index in [9.17, 15) is 0 Å². The summed E-state index contributed by atoms with van der Waals surface area (Å²) in [5.41, 5.74) is 6.09. The molecule has 30 heavy (non-hydrogen) atoms. The Hall–Kier alpha value is -2.52. The van der Waals surface area contributed by atoms with E-state index in [1.54, 1.807) is 0 Å². The fraction of sp³-hybridized carbons (Fsp3) is 0.407. The molecule has 1 aliphatic heterocycles. The molecule has 2 aromatic carbocycles. The Bertz CT molecular complexity index is 913. The molecule has 2 heterocycles. The van der Waals surface area contributed by atoms with Gasteiger partial charge in [-0.05, 0) is 67.8 Å². The third kappa shape index (κ3) is 5.34. The van der Waals surface area contributed by atoms with Crippen LogP contribution in [0.4, 0.5) is 0 Å². The fourth-order valence-corrected chi connectivity index (χ4v) is 4.49. The Morgan fingerprint density at radius 3 is 2.23 bits per heavy atom. The second kappa shape index (κ2) is 9.99. The van der Waals surface area contributed by atoms with Crippen LogP contribution in [0.25, 0.3) is 11.3 Å².